The van der Waals surface area contributed by atoms with Gasteiger partial charge in [-0.2, -0.15) is 0 Å². The molecule has 0 unspecified atom stereocenters. The van der Waals surface area contributed by atoms with Crippen LogP contribution < -0.4 is 10.5 Å². The average Bonchev–Trinajstić information content (AvgIpc) is 2.71. The fraction of sp³-hybridized carbons (Fsp3) is 0.417. The van der Waals surface area contributed by atoms with Gasteiger partial charge in [-0.05, 0) is 37.8 Å². The van der Waals surface area contributed by atoms with Gasteiger partial charge in [-0.15, -0.1) is 0 Å². The summed E-state index contributed by atoms with van der Waals surface area (Å²) >= 11 is 4.99. The van der Waals surface area contributed by atoms with Crippen molar-refractivity contribution < 1.29 is 4.74 Å². The lowest BCUT2D eigenvalue weighted by Gasteiger charge is -2.15. The van der Waals surface area contributed by atoms with E-state index in [4.69, 9.17) is 22.7 Å². The van der Waals surface area contributed by atoms with E-state index in [1.807, 2.05) is 24.3 Å². The quantitative estimate of drug-likeness (QED) is 0.797. The third-order valence-corrected chi connectivity index (χ3v) is 2.97. The molecule has 0 aliphatic heterocycles. The van der Waals surface area contributed by atoms with E-state index in [9.17, 15) is 0 Å². The lowest BCUT2D eigenvalue weighted by atomic mass is 10.2. The van der Waals surface area contributed by atoms with Gasteiger partial charge in [0.25, 0.3) is 0 Å². The van der Waals surface area contributed by atoms with Gasteiger partial charge in [0.2, 0.25) is 0 Å². The lowest BCUT2D eigenvalue weighted by molar-refractivity contribution is 0.209. The van der Waals surface area contributed by atoms with Crippen molar-refractivity contribution in [3.8, 4) is 5.75 Å². The number of hydrogen-bond acceptors (Lipinski definition) is 2. The van der Waals surface area contributed by atoms with Crippen LogP contribution in [-0.2, 0) is 0 Å². The van der Waals surface area contributed by atoms with Gasteiger partial charge in [-0.3, -0.25) is 0 Å². The second-order valence-corrected chi connectivity index (χ2v) is 4.32. The molecule has 0 spiro atoms. The van der Waals surface area contributed by atoms with Crippen molar-refractivity contribution in [1.82, 2.24) is 0 Å². The number of hydrogen-bond donors (Lipinski definition) is 1. The van der Waals surface area contributed by atoms with Crippen molar-refractivity contribution in [2.24, 2.45) is 5.73 Å². The van der Waals surface area contributed by atoms with Crippen LogP contribution in [0.4, 0.5) is 0 Å². The Bertz CT molecular complexity index is 358. The Kier molecular flexibility index (Phi) is 3.21. The van der Waals surface area contributed by atoms with Crippen LogP contribution in [0.15, 0.2) is 24.3 Å². The topological polar surface area (TPSA) is 35.2 Å². The predicted molar refractivity (Wildman–Crippen MR) is 65.2 cm³/mol. The standard InChI is InChI=1S/C12H15NOS/c13-12(15)10-7-3-4-8-11(10)14-9-5-1-2-6-9/h3-4,7-9H,1-2,5-6H2,(H2,13,15). The van der Waals surface area contributed by atoms with Gasteiger partial charge in [0.15, 0.2) is 0 Å². The van der Waals surface area contributed by atoms with Crippen LogP contribution >= 0.6 is 12.2 Å². The molecule has 2 nitrogen and oxygen atoms in total. The number of para-hydroxylation sites is 1. The first-order valence-electron chi connectivity index (χ1n) is 5.33. The Balaban J connectivity index is 2.15. The summed E-state index contributed by atoms with van der Waals surface area (Å²) in [7, 11) is 0. The molecule has 0 amide bonds. The lowest BCUT2D eigenvalue weighted by Crippen LogP contribution is -2.16. The molecule has 1 aromatic carbocycles. The molecule has 0 atom stereocenters. The number of ether oxygens (including phenoxy) is 1. The first-order valence-corrected chi connectivity index (χ1v) is 5.73. The Labute approximate surface area is 95.4 Å². The molecule has 2 rings (SSSR count). The van der Waals surface area contributed by atoms with Crippen LogP contribution in [0.25, 0.3) is 0 Å². The minimum absolute atomic E-state index is 0.348. The molecule has 0 saturated heterocycles. The Morgan fingerprint density at radius 1 is 1.27 bits per heavy atom. The first-order chi connectivity index (χ1) is 7.27. The number of thiocarbonyl (C=S) groups is 1. The summed E-state index contributed by atoms with van der Waals surface area (Å²) in [5.74, 6) is 0.830. The van der Waals surface area contributed by atoms with Crippen LogP contribution in [0, 0.1) is 0 Å². The molecule has 0 heterocycles. The highest BCUT2D eigenvalue weighted by atomic mass is 32.1. The maximum absolute atomic E-state index is 5.90. The summed E-state index contributed by atoms with van der Waals surface area (Å²) in [6.45, 7) is 0. The van der Waals surface area contributed by atoms with E-state index < -0.39 is 0 Å². The summed E-state index contributed by atoms with van der Waals surface area (Å²) in [5.41, 5.74) is 6.49. The number of rotatable bonds is 3. The van der Waals surface area contributed by atoms with E-state index in [-0.39, 0.29) is 0 Å². The summed E-state index contributed by atoms with van der Waals surface area (Å²) in [5, 5.41) is 0. The molecule has 1 saturated carbocycles. The molecule has 1 aliphatic rings. The number of nitrogens with two attached hydrogens (primary N) is 1. The zero-order valence-corrected chi connectivity index (χ0v) is 9.43. The molecule has 1 fully saturated rings. The zero-order valence-electron chi connectivity index (χ0n) is 8.61. The SMILES string of the molecule is NC(=S)c1ccccc1OC1CCCC1. The van der Waals surface area contributed by atoms with Crippen molar-refractivity contribution in [1.29, 1.82) is 0 Å². The van der Waals surface area contributed by atoms with E-state index in [0.29, 0.717) is 11.1 Å². The summed E-state index contributed by atoms with van der Waals surface area (Å²) < 4.78 is 5.90. The Morgan fingerprint density at radius 2 is 1.93 bits per heavy atom. The molecule has 0 bridgehead atoms. The van der Waals surface area contributed by atoms with Gasteiger partial charge >= 0.3 is 0 Å². The van der Waals surface area contributed by atoms with Crippen molar-refractivity contribution in [3.63, 3.8) is 0 Å². The highest BCUT2D eigenvalue weighted by Crippen LogP contribution is 2.26. The van der Waals surface area contributed by atoms with Crippen molar-refractivity contribution in [3.05, 3.63) is 29.8 Å². The average molecular weight is 221 g/mol. The van der Waals surface area contributed by atoms with Gasteiger partial charge < -0.3 is 10.5 Å². The molecular formula is C12H15NOS. The smallest absolute Gasteiger partial charge is 0.129 e. The van der Waals surface area contributed by atoms with E-state index in [1.165, 1.54) is 12.8 Å². The van der Waals surface area contributed by atoms with Gasteiger partial charge in [0.05, 0.1) is 11.7 Å². The van der Waals surface area contributed by atoms with Gasteiger partial charge in [-0.1, -0.05) is 24.4 Å². The molecule has 2 N–H and O–H groups in total. The van der Waals surface area contributed by atoms with Crippen LogP contribution in [-0.4, -0.2) is 11.1 Å². The monoisotopic (exact) mass is 221 g/mol. The van der Waals surface area contributed by atoms with E-state index in [2.05, 4.69) is 0 Å². The van der Waals surface area contributed by atoms with Gasteiger partial charge in [-0.25, -0.2) is 0 Å². The molecular weight excluding hydrogens is 206 g/mol. The van der Waals surface area contributed by atoms with Gasteiger partial charge in [0.1, 0.15) is 10.7 Å². The first kappa shape index (κ1) is 10.4. The molecule has 1 aromatic rings. The third kappa shape index (κ3) is 2.48. The molecule has 3 heteroatoms. The highest BCUT2D eigenvalue weighted by molar-refractivity contribution is 7.80. The van der Waals surface area contributed by atoms with Crippen molar-refractivity contribution >= 4 is 17.2 Å². The van der Waals surface area contributed by atoms with Crippen LogP contribution in [0.3, 0.4) is 0 Å². The molecule has 0 aromatic heterocycles. The van der Waals surface area contributed by atoms with Crippen molar-refractivity contribution in [2.45, 2.75) is 31.8 Å². The van der Waals surface area contributed by atoms with E-state index >= 15 is 0 Å². The molecule has 1 aliphatic carbocycles. The third-order valence-electron chi connectivity index (χ3n) is 2.75. The van der Waals surface area contributed by atoms with Crippen LogP contribution in [0.1, 0.15) is 31.2 Å². The highest BCUT2D eigenvalue weighted by Gasteiger charge is 2.18. The van der Waals surface area contributed by atoms with E-state index in [0.717, 1.165) is 24.2 Å². The fourth-order valence-corrected chi connectivity index (χ4v) is 2.13. The molecule has 15 heavy (non-hydrogen) atoms. The van der Waals surface area contributed by atoms with E-state index in [1.54, 1.807) is 0 Å². The normalized spacial score (nSPS) is 16.5. The van der Waals surface area contributed by atoms with Crippen LogP contribution in [0.5, 0.6) is 5.75 Å². The second-order valence-electron chi connectivity index (χ2n) is 3.88. The zero-order chi connectivity index (χ0) is 10.7. The predicted octanol–water partition coefficient (Wildman–Crippen LogP) is 2.64. The van der Waals surface area contributed by atoms with Gasteiger partial charge in [0, 0.05) is 0 Å². The molecule has 80 valence electrons. The summed E-state index contributed by atoms with van der Waals surface area (Å²) in [6.07, 6.45) is 5.16. The van der Waals surface area contributed by atoms with Crippen LogP contribution in [0.2, 0.25) is 0 Å². The number of benzene rings is 1. The Hall–Kier alpha value is -1.09. The second kappa shape index (κ2) is 4.62. The minimum Gasteiger partial charge on any atom is -0.490 e. The molecule has 0 radical (unpaired) electrons. The summed E-state index contributed by atoms with van der Waals surface area (Å²) in [4.78, 5) is 0.406. The van der Waals surface area contributed by atoms with Crippen molar-refractivity contribution in [2.75, 3.05) is 0 Å². The maximum atomic E-state index is 5.90. The minimum atomic E-state index is 0.348. The fourth-order valence-electron chi connectivity index (χ4n) is 1.96. The Morgan fingerprint density at radius 3 is 2.60 bits per heavy atom. The largest absolute Gasteiger partial charge is 0.490 e. The summed E-state index contributed by atoms with van der Waals surface area (Å²) in [6, 6.07) is 7.72. The maximum Gasteiger partial charge on any atom is 0.129 e.